The third-order valence-electron chi connectivity index (χ3n) is 2.85. The summed E-state index contributed by atoms with van der Waals surface area (Å²) >= 11 is 0. The molecule has 0 radical (unpaired) electrons. The van der Waals surface area contributed by atoms with Gasteiger partial charge in [0.15, 0.2) is 6.29 Å². The van der Waals surface area contributed by atoms with E-state index in [4.69, 9.17) is 13.9 Å². The highest BCUT2D eigenvalue weighted by atomic mass is 16.7. The molecular weight excluding hydrogens is 194 g/mol. The van der Waals surface area contributed by atoms with Gasteiger partial charge in [0.2, 0.25) is 0 Å². The van der Waals surface area contributed by atoms with Crippen LogP contribution < -0.4 is 5.32 Å². The zero-order valence-electron chi connectivity index (χ0n) is 9.16. The molecule has 1 aliphatic heterocycles. The van der Waals surface area contributed by atoms with E-state index in [9.17, 15) is 0 Å². The van der Waals surface area contributed by atoms with Crippen molar-refractivity contribution in [2.24, 2.45) is 0 Å². The maximum atomic E-state index is 5.41. The molecule has 1 atom stereocenters. The molecule has 0 aromatic carbocycles. The normalized spacial score (nSPS) is 20.6. The van der Waals surface area contributed by atoms with E-state index in [0.29, 0.717) is 0 Å². The summed E-state index contributed by atoms with van der Waals surface area (Å²) in [4.78, 5) is 0. The van der Waals surface area contributed by atoms with Gasteiger partial charge in [0.05, 0.1) is 6.26 Å². The Bertz CT molecular complexity index is 307. The van der Waals surface area contributed by atoms with E-state index in [1.54, 1.807) is 20.5 Å². The third-order valence-corrected chi connectivity index (χ3v) is 2.85. The van der Waals surface area contributed by atoms with Crippen LogP contribution in [0, 0.1) is 0 Å². The summed E-state index contributed by atoms with van der Waals surface area (Å²) in [6, 6.07) is 2.30. The zero-order chi connectivity index (χ0) is 10.7. The fourth-order valence-corrected chi connectivity index (χ4v) is 2.03. The number of hydrogen-bond donors (Lipinski definition) is 1. The van der Waals surface area contributed by atoms with Crippen molar-refractivity contribution in [3.63, 3.8) is 0 Å². The molecule has 84 valence electrons. The first kappa shape index (κ1) is 10.7. The van der Waals surface area contributed by atoms with Gasteiger partial charge in [0.25, 0.3) is 0 Å². The van der Waals surface area contributed by atoms with E-state index in [1.165, 1.54) is 5.56 Å². The first-order chi connectivity index (χ1) is 7.35. The van der Waals surface area contributed by atoms with Crippen molar-refractivity contribution in [3.05, 3.63) is 23.7 Å². The molecule has 0 spiro atoms. The lowest BCUT2D eigenvalue weighted by molar-refractivity contribution is -0.111. The molecule has 4 nitrogen and oxygen atoms in total. The average molecular weight is 211 g/mol. The van der Waals surface area contributed by atoms with E-state index < -0.39 is 0 Å². The molecule has 1 N–H and O–H groups in total. The molecule has 1 aromatic rings. The molecule has 2 heterocycles. The minimum Gasteiger partial charge on any atom is -0.469 e. The van der Waals surface area contributed by atoms with Crippen LogP contribution in [-0.2, 0) is 15.9 Å². The van der Waals surface area contributed by atoms with E-state index in [-0.39, 0.29) is 12.3 Å². The third kappa shape index (κ3) is 2.22. The van der Waals surface area contributed by atoms with Crippen molar-refractivity contribution >= 4 is 0 Å². The molecule has 15 heavy (non-hydrogen) atoms. The molecule has 0 bridgehead atoms. The summed E-state index contributed by atoms with van der Waals surface area (Å²) in [7, 11) is 3.32. The lowest BCUT2D eigenvalue weighted by Crippen LogP contribution is -2.32. The van der Waals surface area contributed by atoms with E-state index in [1.807, 2.05) is 6.07 Å². The summed E-state index contributed by atoms with van der Waals surface area (Å²) in [5, 5.41) is 3.44. The van der Waals surface area contributed by atoms with Crippen LogP contribution in [0.1, 0.15) is 23.8 Å². The Hall–Kier alpha value is -0.840. The van der Waals surface area contributed by atoms with Crippen LogP contribution in [0.2, 0.25) is 0 Å². The molecule has 0 saturated carbocycles. The first-order valence-electron chi connectivity index (χ1n) is 5.20. The van der Waals surface area contributed by atoms with Gasteiger partial charge in [-0.1, -0.05) is 0 Å². The fraction of sp³-hybridized carbons (Fsp3) is 0.636. The van der Waals surface area contributed by atoms with Crippen molar-refractivity contribution in [2.45, 2.75) is 25.2 Å². The summed E-state index contributed by atoms with van der Waals surface area (Å²) in [5.41, 5.74) is 1.24. The van der Waals surface area contributed by atoms with Gasteiger partial charge in [-0.2, -0.15) is 0 Å². The van der Waals surface area contributed by atoms with Gasteiger partial charge >= 0.3 is 0 Å². The fourth-order valence-electron chi connectivity index (χ4n) is 2.03. The molecular formula is C11H17NO3. The summed E-state index contributed by atoms with van der Waals surface area (Å²) < 4.78 is 15.8. The lowest BCUT2D eigenvalue weighted by Gasteiger charge is -2.26. The minimum atomic E-state index is -0.164. The molecule has 1 aromatic heterocycles. The topological polar surface area (TPSA) is 43.6 Å². The van der Waals surface area contributed by atoms with Crippen molar-refractivity contribution < 1.29 is 13.9 Å². The van der Waals surface area contributed by atoms with Gasteiger partial charge in [-0.3, -0.25) is 0 Å². The van der Waals surface area contributed by atoms with Crippen LogP contribution in [0.15, 0.2) is 16.7 Å². The number of furan rings is 1. The maximum Gasteiger partial charge on any atom is 0.158 e. The van der Waals surface area contributed by atoms with E-state index in [2.05, 4.69) is 5.32 Å². The average Bonchev–Trinajstić information content (AvgIpc) is 2.74. The highest BCUT2D eigenvalue weighted by Gasteiger charge is 2.24. The molecule has 4 heteroatoms. The van der Waals surface area contributed by atoms with Crippen molar-refractivity contribution in [3.8, 4) is 0 Å². The Balaban J connectivity index is 2.06. The Morgan fingerprint density at radius 2 is 2.33 bits per heavy atom. The highest BCUT2D eigenvalue weighted by Crippen LogP contribution is 2.27. The van der Waals surface area contributed by atoms with Gasteiger partial charge < -0.3 is 19.2 Å². The second-order valence-corrected chi connectivity index (χ2v) is 3.69. The monoisotopic (exact) mass is 211 g/mol. The van der Waals surface area contributed by atoms with Crippen LogP contribution in [0.25, 0.3) is 0 Å². The van der Waals surface area contributed by atoms with Crippen LogP contribution in [0.5, 0.6) is 0 Å². The molecule has 0 fully saturated rings. The van der Waals surface area contributed by atoms with Crippen LogP contribution in [-0.4, -0.2) is 27.1 Å². The highest BCUT2D eigenvalue weighted by molar-refractivity contribution is 5.24. The molecule has 0 amide bonds. The second kappa shape index (κ2) is 4.79. The quantitative estimate of drug-likeness (QED) is 0.766. The number of rotatable bonds is 4. The van der Waals surface area contributed by atoms with E-state index >= 15 is 0 Å². The molecule has 1 aliphatic rings. The number of methoxy groups -OCH3 is 2. The number of ether oxygens (including phenoxy) is 2. The molecule has 0 aliphatic carbocycles. The van der Waals surface area contributed by atoms with Gasteiger partial charge in [-0.15, -0.1) is 0 Å². The largest absolute Gasteiger partial charge is 0.469 e. The minimum absolute atomic E-state index is 0.164. The predicted molar refractivity (Wildman–Crippen MR) is 55.6 cm³/mol. The zero-order valence-corrected chi connectivity index (χ0v) is 9.16. The van der Waals surface area contributed by atoms with Gasteiger partial charge in [0, 0.05) is 45.2 Å². The van der Waals surface area contributed by atoms with Crippen LogP contribution in [0.4, 0.5) is 0 Å². The predicted octanol–water partition coefficient (Wildman–Crippen LogP) is 1.48. The van der Waals surface area contributed by atoms with E-state index in [0.717, 1.165) is 25.1 Å². The maximum absolute atomic E-state index is 5.41. The second-order valence-electron chi connectivity index (χ2n) is 3.69. The Kier molecular flexibility index (Phi) is 3.41. The van der Waals surface area contributed by atoms with Gasteiger partial charge in [-0.25, -0.2) is 0 Å². The standard InChI is InChI=1S/C11H17NO3/c1-13-11(14-2)7-9-8-4-6-15-10(8)3-5-12-9/h4,6,9,11-12H,3,5,7H2,1-2H3. The Morgan fingerprint density at radius 1 is 1.53 bits per heavy atom. The Morgan fingerprint density at radius 3 is 3.07 bits per heavy atom. The summed E-state index contributed by atoms with van der Waals surface area (Å²) in [6.07, 6.45) is 3.35. The molecule has 1 unspecified atom stereocenters. The molecule has 0 saturated heterocycles. The van der Waals surface area contributed by atoms with Gasteiger partial charge in [-0.05, 0) is 6.07 Å². The molecule has 2 rings (SSSR count). The van der Waals surface area contributed by atoms with Crippen LogP contribution in [0.3, 0.4) is 0 Å². The van der Waals surface area contributed by atoms with Gasteiger partial charge in [0.1, 0.15) is 5.76 Å². The Labute approximate surface area is 89.6 Å². The first-order valence-corrected chi connectivity index (χ1v) is 5.20. The summed E-state index contributed by atoms with van der Waals surface area (Å²) in [5.74, 6) is 1.09. The van der Waals surface area contributed by atoms with Crippen molar-refractivity contribution in [1.82, 2.24) is 5.32 Å². The SMILES string of the molecule is COC(CC1NCCc2occc21)OC. The smallest absolute Gasteiger partial charge is 0.158 e. The van der Waals surface area contributed by atoms with Crippen LogP contribution >= 0.6 is 0 Å². The van der Waals surface area contributed by atoms with Crippen molar-refractivity contribution in [2.75, 3.05) is 20.8 Å². The lowest BCUT2D eigenvalue weighted by atomic mass is 9.99. The van der Waals surface area contributed by atoms with Crippen molar-refractivity contribution in [1.29, 1.82) is 0 Å². The number of fused-ring (bicyclic) bond motifs is 1. The summed E-state index contributed by atoms with van der Waals surface area (Å²) in [6.45, 7) is 0.950. The number of nitrogens with one attached hydrogen (secondary N) is 1. The number of hydrogen-bond acceptors (Lipinski definition) is 4.